The zero-order valence-electron chi connectivity index (χ0n) is 13.5. The van der Waals surface area contributed by atoms with E-state index in [1.54, 1.807) is 0 Å². The zero-order valence-corrected chi connectivity index (χ0v) is 15.1. The van der Waals surface area contributed by atoms with Crippen molar-refractivity contribution < 1.29 is 26.0 Å². The van der Waals surface area contributed by atoms with Crippen LogP contribution < -0.4 is 5.32 Å². The number of nitrogens with one attached hydrogen (secondary N) is 1. The highest BCUT2D eigenvalue weighted by atomic mass is 32.2. The molecule has 0 radical (unpaired) electrons. The lowest BCUT2D eigenvalue weighted by molar-refractivity contribution is 0.0944. The number of carbonyl (C=O) groups is 1. The molecule has 1 aliphatic rings. The number of halogens is 1. The van der Waals surface area contributed by atoms with Crippen molar-refractivity contribution in [3.63, 3.8) is 0 Å². The lowest BCUT2D eigenvalue weighted by Gasteiger charge is -2.13. The molecule has 0 saturated carbocycles. The van der Waals surface area contributed by atoms with E-state index in [1.165, 1.54) is 0 Å². The number of benzene rings is 1. The van der Waals surface area contributed by atoms with Crippen molar-refractivity contribution in [2.24, 2.45) is 5.92 Å². The first-order valence-corrected chi connectivity index (χ1v) is 10.9. The van der Waals surface area contributed by atoms with Crippen molar-refractivity contribution >= 4 is 25.6 Å². The van der Waals surface area contributed by atoms with Gasteiger partial charge in [0.2, 0.25) is 0 Å². The molecule has 1 N–H and O–H groups in total. The second-order valence-electron chi connectivity index (χ2n) is 6.32. The summed E-state index contributed by atoms with van der Waals surface area (Å²) >= 11 is 0. The summed E-state index contributed by atoms with van der Waals surface area (Å²) in [7, 11) is -7.31. The van der Waals surface area contributed by atoms with Gasteiger partial charge in [-0.15, -0.1) is 0 Å². The Morgan fingerprint density at radius 2 is 2.04 bits per heavy atom. The molecule has 0 bridgehead atoms. The van der Waals surface area contributed by atoms with Gasteiger partial charge in [-0.05, 0) is 30.5 Å². The summed E-state index contributed by atoms with van der Waals surface area (Å²) in [6, 6.07) is 2.96. The Morgan fingerprint density at radius 3 is 2.58 bits per heavy atom. The van der Waals surface area contributed by atoms with Gasteiger partial charge in [0, 0.05) is 6.54 Å². The molecule has 1 aromatic carbocycles. The third kappa shape index (κ3) is 4.13. The highest BCUT2D eigenvalue weighted by Crippen LogP contribution is 2.26. The molecule has 0 unspecified atom stereocenters. The Kier molecular flexibility index (Phi) is 5.34. The molecule has 1 aromatic rings. The fourth-order valence-electron chi connectivity index (χ4n) is 2.45. The van der Waals surface area contributed by atoms with Gasteiger partial charge in [-0.25, -0.2) is 21.2 Å². The van der Waals surface area contributed by atoms with Gasteiger partial charge in [-0.3, -0.25) is 4.79 Å². The number of rotatable bonds is 5. The third-order valence-electron chi connectivity index (χ3n) is 3.81. The summed E-state index contributed by atoms with van der Waals surface area (Å²) in [6.07, 6.45) is 0.0108. The summed E-state index contributed by atoms with van der Waals surface area (Å²) in [4.78, 5) is 11.8. The van der Waals surface area contributed by atoms with E-state index in [0.29, 0.717) is 6.54 Å². The van der Waals surface area contributed by atoms with Crippen LogP contribution in [0.1, 0.15) is 30.6 Å². The average molecular weight is 377 g/mol. The second-order valence-corrected chi connectivity index (χ2v) is 10.8. The molecule has 1 heterocycles. The van der Waals surface area contributed by atoms with Gasteiger partial charge in [0.15, 0.2) is 19.7 Å². The van der Waals surface area contributed by atoms with E-state index in [-0.39, 0.29) is 28.6 Å². The number of hydrogen-bond acceptors (Lipinski definition) is 5. The SMILES string of the molecule is CC(C)CNC(=O)c1cc(S(=O)(=O)[C@H]2CCS(=O)(=O)C2)ccc1F. The van der Waals surface area contributed by atoms with E-state index in [4.69, 9.17) is 0 Å². The fourth-order valence-corrected chi connectivity index (χ4v) is 6.83. The van der Waals surface area contributed by atoms with Crippen LogP contribution in [0.2, 0.25) is 0 Å². The molecule has 0 aromatic heterocycles. The largest absolute Gasteiger partial charge is 0.352 e. The summed E-state index contributed by atoms with van der Waals surface area (Å²) in [5.74, 6) is -1.99. The first kappa shape index (κ1) is 18.9. The maximum absolute atomic E-state index is 13.9. The van der Waals surface area contributed by atoms with Crippen LogP contribution in [0.25, 0.3) is 0 Å². The van der Waals surface area contributed by atoms with Crippen molar-refractivity contribution in [2.75, 3.05) is 18.1 Å². The Hall–Kier alpha value is -1.48. The van der Waals surface area contributed by atoms with Crippen LogP contribution in [0.3, 0.4) is 0 Å². The highest BCUT2D eigenvalue weighted by molar-refractivity contribution is 7.96. The van der Waals surface area contributed by atoms with E-state index < -0.39 is 42.4 Å². The van der Waals surface area contributed by atoms with Crippen LogP contribution in [-0.2, 0) is 19.7 Å². The number of carbonyl (C=O) groups excluding carboxylic acids is 1. The van der Waals surface area contributed by atoms with Gasteiger partial charge >= 0.3 is 0 Å². The number of amides is 1. The van der Waals surface area contributed by atoms with Crippen molar-refractivity contribution in [1.29, 1.82) is 0 Å². The molecule has 1 amide bonds. The minimum Gasteiger partial charge on any atom is -0.352 e. The summed E-state index contributed by atoms with van der Waals surface area (Å²) < 4.78 is 62.0. The Morgan fingerprint density at radius 1 is 1.38 bits per heavy atom. The molecular formula is C15H20FNO5S2. The fraction of sp³-hybridized carbons (Fsp3) is 0.533. The lowest BCUT2D eigenvalue weighted by atomic mass is 10.2. The number of hydrogen-bond donors (Lipinski definition) is 1. The predicted octanol–water partition coefficient (Wildman–Crippen LogP) is 1.17. The van der Waals surface area contributed by atoms with Gasteiger partial charge in [0.25, 0.3) is 5.91 Å². The van der Waals surface area contributed by atoms with Crippen LogP contribution in [-0.4, -0.2) is 46.0 Å². The smallest absolute Gasteiger partial charge is 0.254 e. The van der Waals surface area contributed by atoms with Crippen LogP contribution in [0, 0.1) is 11.7 Å². The van der Waals surface area contributed by atoms with Crippen molar-refractivity contribution in [3.05, 3.63) is 29.6 Å². The molecule has 1 fully saturated rings. The Balaban J connectivity index is 2.32. The van der Waals surface area contributed by atoms with Crippen molar-refractivity contribution in [3.8, 4) is 0 Å². The molecule has 24 heavy (non-hydrogen) atoms. The molecule has 0 spiro atoms. The first-order valence-electron chi connectivity index (χ1n) is 7.55. The Bertz CT molecular complexity index is 847. The average Bonchev–Trinajstić information content (AvgIpc) is 2.86. The summed E-state index contributed by atoms with van der Waals surface area (Å²) in [6.45, 7) is 4.08. The van der Waals surface area contributed by atoms with Crippen LogP contribution >= 0.6 is 0 Å². The predicted molar refractivity (Wildman–Crippen MR) is 87.8 cm³/mol. The molecule has 0 aliphatic carbocycles. The molecular weight excluding hydrogens is 357 g/mol. The van der Waals surface area contributed by atoms with Gasteiger partial charge < -0.3 is 5.32 Å². The van der Waals surface area contributed by atoms with E-state index >= 15 is 0 Å². The zero-order chi connectivity index (χ0) is 18.1. The molecule has 134 valence electrons. The Labute approximate surface area is 141 Å². The molecule has 6 nitrogen and oxygen atoms in total. The van der Waals surface area contributed by atoms with Crippen LogP contribution in [0.4, 0.5) is 4.39 Å². The normalized spacial score (nSPS) is 20.2. The first-order chi connectivity index (χ1) is 11.0. The van der Waals surface area contributed by atoms with Crippen molar-refractivity contribution in [2.45, 2.75) is 30.4 Å². The van der Waals surface area contributed by atoms with E-state index in [9.17, 15) is 26.0 Å². The maximum Gasteiger partial charge on any atom is 0.254 e. The molecule has 9 heteroatoms. The molecule has 1 atom stereocenters. The van der Waals surface area contributed by atoms with Crippen LogP contribution in [0.5, 0.6) is 0 Å². The third-order valence-corrected chi connectivity index (χ3v) is 7.98. The van der Waals surface area contributed by atoms with E-state index in [1.807, 2.05) is 13.8 Å². The van der Waals surface area contributed by atoms with Crippen LogP contribution in [0.15, 0.2) is 23.1 Å². The number of sulfone groups is 2. The second kappa shape index (κ2) is 6.79. The lowest BCUT2D eigenvalue weighted by Crippen LogP contribution is -2.29. The van der Waals surface area contributed by atoms with Gasteiger partial charge in [0.05, 0.1) is 27.2 Å². The quantitative estimate of drug-likeness (QED) is 0.777. The molecule has 1 saturated heterocycles. The topological polar surface area (TPSA) is 97.4 Å². The molecule has 1 aliphatic heterocycles. The van der Waals surface area contributed by atoms with E-state index in [2.05, 4.69) is 5.32 Å². The van der Waals surface area contributed by atoms with Crippen molar-refractivity contribution in [1.82, 2.24) is 5.32 Å². The van der Waals surface area contributed by atoms with E-state index in [0.717, 1.165) is 18.2 Å². The van der Waals surface area contributed by atoms with Gasteiger partial charge in [0.1, 0.15) is 5.82 Å². The minimum atomic E-state index is -3.94. The molecule has 2 rings (SSSR count). The maximum atomic E-state index is 13.9. The van der Waals surface area contributed by atoms with Gasteiger partial charge in [-0.2, -0.15) is 0 Å². The standard InChI is InChI=1S/C15H20FNO5S2/c1-10(2)8-17-15(18)13-7-11(3-4-14(13)16)24(21,22)12-5-6-23(19,20)9-12/h3-4,7,10,12H,5-6,8-9H2,1-2H3,(H,17,18)/t12-/m0/s1. The summed E-state index contributed by atoms with van der Waals surface area (Å²) in [5, 5.41) is 1.47. The highest BCUT2D eigenvalue weighted by Gasteiger charge is 2.38. The van der Waals surface area contributed by atoms with Gasteiger partial charge in [-0.1, -0.05) is 13.8 Å². The monoisotopic (exact) mass is 377 g/mol. The summed E-state index contributed by atoms with van der Waals surface area (Å²) in [5.41, 5.74) is -0.363. The minimum absolute atomic E-state index is 0.0108.